The van der Waals surface area contributed by atoms with Gasteiger partial charge in [-0.15, -0.1) is 3.89 Å². The van der Waals surface area contributed by atoms with E-state index in [1.54, 1.807) is 0 Å². The summed E-state index contributed by atoms with van der Waals surface area (Å²) in [6.07, 6.45) is 1.58. The van der Waals surface area contributed by atoms with Crippen LogP contribution in [0.3, 0.4) is 0 Å². The Bertz CT molecular complexity index is 1650. The number of rotatable bonds is 19. The smallest absolute Gasteiger partial charge is 0.343 e. The number of piperazine rings is 1. The third-order valence-electron chi connectivity index (χ3n) is 9.27. The Morgan fingerprint density at radius 1 is 0.759 bits per heavy atom. The number of carbonyl (C=O) groups is 5. The highest BCUT2D eigenvalue weighted by Gasteiger charge is 2.52. The summed E-state index contributed by atoms with van der Waals surface area (Å²) in [5, 5.41) is 13.6. The van der Waals surface area contributed by atoms with Crippen LogP contribution in [0.5, 0.6) is 0 Å². The topological polar surface area (TPSA) is 235 Å². The van der Waals surface area contributed by atoms with Gasteiger partial charge in [0.1, 0.15) is 31.2 Å². The molecule has 0 saturated carbocycles. The third-order valence-corrected chi connectivity index (χ3v) is 11.6. The van der Waals surface area contributed by atoms with Crippen molar-refractivity contribution in [3.63, 3.8) is 0 Å². The van der Waals surface area contributed by atoms with Crippen molar-refractivity contribution in [2.24, 2.45) is 17.4 Å². The second-order valence-corrected chi connectivity index (χ2v) is 16.5. The summed E-state index contributed by atoms with van der Waals surface area (Å²) >= 11 is 0. The molecule has 0 spiro atoms. The van der Waals surface area contributed by atoms with Crippen LogP contribution in [-0.4, -0.2) is 117 Å². The predicted octanol–water partition coefficient (Wildman–Crippen LogP) is -0.109. The summed E-state index contributed by atoms with van der Waals surface area (Å²) in [4.78, 5) is 68.5. The Hall–Kier alpha value is -4.26. The average molecular weight is 773 g/mol. The minimum atomic E-state index is -4.20. The standard InChI is InChI=1S/C37H57N9O7S/c1-26(2)23-31(43-36(50)32(25-28-15-9-6-10-16-28)42-33(47)29(39)24-27-13-7-5-8-14-27)35(49)41-30(17-11-12-18-38)34(48)44-37(51)46(21-19-40-20-22-46)54(52,53)45(3)4/h5-10,13-16,26,29-32,40H,11-12,17-25,38-39H2,1-4H3,(H3-,41,42,43,44,47,48,49,50,51)/p+1/t29-,30-,31-,32-/m1/s1. The second-order valence-electron chi connectivity index (χ2n) is 14.2. The van der Waals surface area contributed by atoms with E-state index in [2.05, 4.69) is 26.6 Å². The number of unbranched alkanes of at least 4 members (excludes halogenated alkanes) is 1. The van der Waals surface area contributed by atoms with E-state index in [1.165, 1.54) is 14.1 Å². The van der Waals surface area contributed by atoms with Gasteiger partial charge in [-0.25, -0.2) is 10.1 Å². The molecule has 17 heteroatoms. The molecule has 2 aromatic carbocycles. The lowest BCUT2D eigenvalue weighted by Crippen LogP contribution is -2.70. The SMILES string of the molecule is CC(C)C[C@@H](NC(=O)[C@@H](Cc1ccccc1)NC(=O)[C@H](N)Cc1ccccc1)C(=O)N[C@H](CCCCN)C(=O)NC(=O)[N+]1(S(=O)(=O)N(C)C)CCNCC1. The molecule has 0 radical (unpaired) electrons. The first-order valence-corrected chi connectivity index (χ1v) is 19.8. The van der Waals surface area contributed by atoms with E-state index in [0.29, 0.717) is 19.4 Å². The summed E-state index contributed by atoms with van der Waals surface area (Å²) in [6, 6.07) is 12.9. The molecule has 1 heterocycles. The van der Waals surface area contributed by atoms with Gasteiger partial charge in [-0.3, -0.25) is 19.2 Å². The molecule has 9 N–H and O–H groups in total. The highest BCUT2D eigenvalue weighted by Crippen LogP contribution is 2.20. The zero-order valence-electron chi connectivity index (χ0n) is 31.8. The van der Waals surface area contributed by atoms with E-state index in [9.17, 15) is 32.4 Å². The Labute approximate surface area is 318 Å². The molecule has 6 amide bonds. The van der Waals surface area contributed by atoms with Gasteiger partial charge in [0, 0.05) is 33.6 Å². The van der Waals surface area contributed by atoms with Gasteiger partial charge in [-0.2, -0.15) is 12.7 Å². The molecule has 2 aromatic rings. The lowest BCUT2D eigenvalue weighted by atomic mass is 9.99. The van der Waals surface area contributed by atoms with Crippen molar-refractivity contribution in [3.05, 3.63) is 71.8 Å². The van der Waals surface area contributed by atoms with Crippen LogP contribution < -0.4 is 38.1 Å². The Balaban J connectivity index is 1.83. The highest BCUT2D eigenvalue weighted by atomic mass is 32.2. The fraction of sp³-hybridized carbons (Fsp3) is 0.541. The summed E-state index contributed by atoms with van der Waals surface area (Å²) in [5.41, 5.74) is 13.6. The number of carbonyl (C=O) groups excluding carboxylic acids is 5. The number of nitrogens with two attached hydrogens (primary N) is 2. The summed E-state index contributed by atoms with van der Waals surface area (Å²) in [5.74, 6) is -2.82. The maximum Gasteiger partial charge on any atom is 0.439 e. The van der Waals surface area contributed by atoms with Crippen molar-refractivity contribution in [1.82, 2.24) is 30.9 Å². The van der Waals surface area contributed by atoms with Crippen LogP contribution in [0.4, 0.5) is 4.79 Å². The van der Waals surface area contributed by atoms with Gasteiger partial charge in [0.2, 0.25) is 17.7 Å². The maximum absolute atomic E-state index is 13.9. The Kier molecular flexibility index (Phi) is 17.2. The van der Waals surface area contributed by atoms with Gasteiger partial charge in [-0.05, 0) is 55.7 Å². The second kappa shape index (κ2) is 21.0. The predicted molar refractivity (Wildman–Crippen MR) is 205 cm³/mol. The van der Waals surface area contributed by atoms with Crippen molar-refractivity contribution < 1.29 is 36.3 Å². The lowest BCUT2D eigenvalue weighted by molar-refractivity contribution is -0.727. The normalized spacial score (nSPS) is 16.4. The first kappa shape index (κ1) is 44.1. The molecule has 54 heavy (non-hydrogen) atoms. The molecule has 298 valence electrons. The molecule has 1 aliphatic heterocycles. The van der Waals surface area contributed by atoms with E-state index < -0.39 is 67.9 Å². The van der Waals surface area contributed by atoms with Crippen LogP contribution in [0.2, 0.25) is 0 Å². The largest absolute Gasteiger partial charge is 0.439 e. The zero-order valence-corrected chi connectivity index (χ0v) is 32.6. The molecular formula is C37H58N9O7S+. The summed E-state index contributed by atoms with van der Waals surface area (Å²) < 4.78 is 26.7. The number of imide groups is 1. The van der Waals surface area contributed by atoms with Crippen molar-refractivity contribution in [2.75, 3.05) is 46.8 Å². The molecule has 4 atom stereocenters. The molecular weight excluding hydrogens is 715 g/mol. The Morgan fingerprint density at radius 3 is 1.81 bits per heavy atom. The van der Waals surface area contributed by atoms with Crippen LogP contribution in [0.1, 0.15) is 50.7 Å². The van der Waals surface area contributed by atoms with Crippen molar-refractivity contribution in [1.29, 1.82) is 0 Å². The molecule has 0 aliphatic carbocycles. The van der Waals surface area contributed by atoms with E-state index in [1.807, 2.05) is 74.5 Å². The number of amides is 6. The van der Waals surface area contributed by atoms with E-state index >= 15 is 0 Å². The number of quaternary nitrogens is 1. The van der Waals surface area contributed by atoms with Crippen molar-refractivity contribution in [2.45, 2.75) is 76.5 Å². The first-order chi connectivity index (χ1) is 25.6. The maximum atomic E-state index is 13.9. The average Bonchev–Trinajstić information content (AvgIpc) is 3.14. The molecule has 0 unspecified atom stereocenters. The summed E-state index contributed by atoms with van der Waals surface area (Å²) in [7, 11) is -1.56. The number of hydrogen-bond donors (Lipinski definition) is 7. The van der Waals surface area contributed by atoms with Gasteiger partial charge < -0.3 is 32.7 Å². The number of benzene rings is 2. The van der Waals surface area contributed by atoms with Gasteiger partial charge >= 0.3 is 16.2 Å². The number of nitrogens with zero attached hydrogens (tertiary/aromatic N) is 2. The van der Waals surface area contributed by atoms with Crippen molar-refractivity contribution >= 4 is 39.9 Å². The van der Waals surface area contributed by atoms with Gasteiger partial charge in [0.25, 0.3) is 5.91 Å². The molecule has 16 nitrogen and oxygen atoms in total. The summed E-state index contributed by atoms with van der Waals surface area (Å²) in [6.45, 7) is 4.30. The van der Waals surface area contributed by atoms with E-state index in [0.717, 1.165) is 15.4 Å². The fourth-order valence-electron chi connectivity index (χ4n) is 6.21. The molecule has 1 saturated heterocycles. The minimum absolute atomic E-state index is 0.0816. The quantitative estimate of drug-likeness (QED) is 0.0740. The molecule has 1 aliphatic rings. The molecule has 3 rings (SSSR count). The van der Waals surface area contributed by atoms with Gasteiger partial charge in [0.15, 0.2) is 0 Å². The van der Waals surface area contributed by atoms with Gasteiger partial charge in [-0.1, -0.05) is 74.5 Å². The van der Waals surface area contributed by atoms with E-state index in [-0.39, 0.29) is 57.8 Å². The van der Waals surface area contributed by atoms with Crippen LogP contribution in [-0.2, 0) is 42.2 Å². The number of hydrogen-bond acceptors (Lipinski definition) is 10. The van der Waals surface area contributed by atoms with Gasteiger partial charge in [0.05, 0.1) is 6.04 Å². The van der Waals surface area contributed by atoms with Crippen LogP contribution in [0.15, 0.2) is 60.7 Å². The highest BCUT2D eigenvalue weighted by molar-refractivity contribution is 7.83. The van der Waals surface area contributed by atoms with Crippen LogP contribution in [0.25, 0.3) is 0 Å². The van der Waals surface area contributed by atoms with E-state index in [4.69, 9.17) is 11.5 Å². The lowest BCUT2D eigenvalue weighted by Gasteiger charge is -2.38. The molecule has 0 bridgehead atoms. The first-order valence-electron chi connectivity index (χ1n) is 18.4. The number of urea groups is 1. The van der Waals surface area contributed by atoms with Crippen LogP contribution in [0, 0.1) is 5.92 Å². The third kappa shape index (κ3) is 12.4. The molecule has 1 fully saturated rings. The molecule has 0 aromatic heterocycles. The minimum Gasteiger partial charge on any atom is -0.343 e. The van der Waals surface area contributed by atoms with Crippen LogP contribution >= 0.6 is 0 Å². The monoisotopic (exact) mass is 772 g/mol. The number of nitrogens with one attached hydrogen (secondary N) is 5. The van der Waals surface area contributed by atoms with Crippen molar-refractivity contribution in [3.8, 4) is 0 Å². The zero-order chi connectivity index (χ0) is 39.9. The fourth-order valence-corrected chi connectivity index (χ4v) is 7.73. The Morgan fingerprint density at radius 2 is 1.28 bits per heavy atom.